The molecular formula is C47H60N4OP+. The Kier molecular flexibility index (Phi) is 15.1. The van der Waals surface area contributed by atoms with Crippen molar-refractivity contribution >= 4 is 47.0 Å². The van der Waals surface area contributed by atoms with E-state index in [4.69, 9.17) is 4.99 Å². The summed E-state index contributed by atoms with van der Waals surface area (Å²) in [5.74, 6) is 0.371. The van der Waals surface area contributed by atoms with Gasteiger partial charge in [-0.1, -0.05) is 130 Å². The predicted molar refractivity (Wildman–Crippen MR) is 233 cm³/mol. The highest BCUT2D eigenvalue weighted by Crippen LogP contribution is 2.63. The predicted octanol–water partition coefficient (Wildman–Crippen LogP) is 12.5. The van der Waals surface area contributed by atoms with Gasteiger partial charge >= 0.3 is 0 Å². The quantitative estimate of drug-likeness (QED) is 0.0478. The van der Waals surface area contributed by atoms with E-state index in [1.807, 2.05) is 24.3 Å². The van der Waals surface area contributed by atoms with Crippen molar-refractivity contribution in [3.05, 3.63) is 138 Å². The van der Waals surface area contributed by atoms with Crippen LogP contribution in [0, 0.1) is 13.8 Å². The number of fused-ring (bicyclic) bond motifs is 1. The van der Waals surface area contributed by atoms with Crippen LogP contribution >= 0.6 is 7.26 Å². The number of carbonyl (C=O) groups is 1. The highest BCUT2D eigenvalue weighted by Gasteiger charge is 2.35. The van der Waals surface area contributed by atoms with Crippen molar-refractivity contribution in [1.82, 2.24) is 0 Å². The molecule has 5 nitrogen and oxygen atoms in total. The van der Waals surface area contributed by atoms with Crippen LogP contribution in [-0.2, 0) is 17.4 Å². The van der Waals surface area contributed by atoms with Crippen LogP contribution in [0.1, 0.15) is 81.5 Å². The van der Waals surface area contributed by atoms with Crippen molar-refractivity contribution in [2.24, 2.45) is 4.99 Å². The maximum atomic E-state index is 14.3. The molecule has 3 N–H and O–H groups in total. The molecule has 0 saturated heterocycles. The molecule has 0 radical (unpaired) electrons. The lowest BCUT2D eigenvalue weighted by Gasteiger charge is -2.28. The molecule has 5 rings (SSSR count). The first-order valence-electron chi connectivity index (χ1n) is 19.8. The zero-order valence-corrected chi connectivity index (χ0v) is 33.5. The third-order valence-electron chi connectivity index (χ3n) is 10.2. The van der Waals surface area contributed by atoms with Gasteiger partial charge in [0.05, 0.1) is 24.6 Å². The lowest BCUT2D eigenvalue weighted by molar-refractivity contribution is -0.117. The van der Waals surface area contributed by atoms with Gasteiger partial charge in [0.15, 0.2) is 0 Å². The van der Waals surface area contributed by atoms with E-state index in [1.54, 1.807) is 0 Å². The zero-order chi connectivity index (χ0) is 37.5. The summed E-state index contributed by atoms with van der Waals surface area (Å²) in [4.78, 5) is 19.4. The molecular weight excluding hydrogens is 668 g/mol. The number of hydrogen-bond donors (Lipinski definition) is 3. The molecule has 278 valence electrons. The fourth-order valence-corrected chi connectivity index (χ4v) is 12.0. The van der Waals surface area contributed by atoms with Crippen molar-refractivity contribution in [1.29, 1.82) is 0 Å². The molecule has 5 aromatic carbocycles. The second kappa shape index (κ2) is 20.1. The van der Waals surface area contributed by atoms with Crippen LogP contribution in [0.2, 0.25) is 0 Å². The van der Waals surface area contributed by atoms with Gasteiger partial charge < -0.3 is 16.0 Å². The number of aliphatic imine (C=N–C) groups is 1. The largest absolute Gasteiger partial charge is 0.326 e. The molecule has 6 heteroatoms. The van der Waals surface area contributed by atoms with Gasteiger partial charge in [-0.05, 0) is 91.4 Å². The minimum Gasteiger partial charge on any atom is -0.326 e. The maximum absolute atomic E-state index is 14.3. The fraction of sp³-hybridized carbons (Fsp3) is 0.362. The molecule has 0 unspecified atom stereocenters. The summed E-state index contributed by atoms with van der Waals surface area (Å²) in [5, 5.41) is 12.5. The van der Waals surface area contributed by atoms with Gasteiger partial charge in [0.2, 0.25) is 11.9 Å². The van der Waals surface area contributed by atoms with E-state index in [9.17, 15) is 4.79 Å². The number of nitrogens with zero attached hydrogens (tertiary/aromatic N) is 1. The zero-order valence-electron chi connectivity index (χ0n) is 32.6. The van der Waals surface area contributed by atoms with Crippen LogP contribution in [-0.4, -0.2) is 36.4 Å². The van der Waals surface area contributed by atoms with E-state index in [-0.39, 0.29) is 5.91 Å². The fourth-order valence-electron chi connectivity index (χ4n) is 6.94. The van der Waals surface area contributed by atoms with Crippen molar-refractivity contribution in [2.45, 2.75) is 91.8 Å². The number of guanidine groups is 1. The molecule has 5 aromatic rings. The number of aryl methyl sites for hydroxylation is 2. The summed E-state index contributed by atoms with van der Waals surface area (Å²) < 4.78 is 0. The SMILES string of the molecule is CCCC[P+](CCCC)(CCCC)Cc1ccc(NC(=O)[C@@H](Cc2ccc3ccccc3c2)N=C(Nc2ccc(C)cc2)Nc2ccc(C)cc2)cc1. The summed E-state index contributed by atoms with van der Waals surface area (Å²) in [6, 6.07) is 39.1. The number of amides is 1. The van der Waals surface area contributed by atoms with Gasteiger partial charge in [-0.2, -0.15) is 0 Å². The number of benzene rings is 5. The minimum absolute atomic E-state index is 0.143. The molecule has 1 amide bonds. The van der Waals surface area contributed by atoms with Gasteiger partial charge in [-0.3, -0.25) is 4.79 Å². The average Bonchev–Trinajstić information content (AvgIpc) is 3.17. The van der Waals surface area contributed by atoms with Gasteiger partial charge in [0.1, 0.15) is 6.04 Å². The molecule has 0 aliphatic rings. The summed E-state index contributed by atoms with van der Waals surface area (Å²) in [6.07, 6.45) is 13.6. The molecule has 1 atom stereocenters. The van der Waals surface area contributed by atoms with Gasteiger partial charge in [-0.25, -0.2) is 4.99 Å². The van der Waals surface area contributed by atoms with Gasteiger partial charge in [0.25, 0.3) is 0 Å². The molecule has 0 aliphatic heterocycles. The Labute approximate surface area is 319 Å². The monoisotopic (exact) mass is 727 g/mol. The van der Waals surface area contributed by atoms with Gasteiger partial charge in [0, 0.05) is 30.7 Å². The molecule has 0 spiro atoms. The molecule has 0 aromatic heterocycles. The Balaban J connectivity index is 1.43. The van der Waals surface area contributed by atoms with Gasteiger partial charge in [-0.15, -0.1) is 0 Å². The normalized spacial score (nSPS) is 11.9. The van der Waals surface area contributed by atoms with Crippen molar-refractivity contribution < 1.29 is 4.79 Å². The number of anilines is 3. The lowest BCUT2D eigenvalue weighted by atomic mass is 10.0. The maximum Gasteiger partial charge on any atom is 0.249 e. The molecule has 0 fully saturated rings. The number of nitrogens with one attached hydrogen (secondary N) is 3. The minimum atomic E-state index is -1.08. The number of unbranched alkanes of at least 4 members (excludes halogenated alkanes) is 3. The van der Waals surface area contributed by atoms with E-state index in [1.165, 1.54) is 85.2 Å². The third-order valence-corrected chi connectivity index (χ3v) is 15.0. The number of hydrogen-bond acceptors (Lipinski definition) is 2. The second-order valence-electron chi connectivity index (χ2n) is 14.8. The first kappa shape index (κ1) is 39.7. The topological polar surface area (TPSA) is 65.5 Å². The lowest BCUT2D eigenvalue weighted by Crippen LogP contribution is -2.33. The van der Waals surface area contributed by atoms with Crippen LogP contribution in [0.5, 0.6) is 0 Å². The molecule has 0 bridgehead atoms. The van der Waals surface area contributed by atoms with Crippen LogP contribution in [0.4, 0.5) is 17.1 Å². The first-order valence-corrected chi connectivity index (χ1v) is 22.3. The Morgan fingerprint density at radius 1 is 0.585 bits per heavy atom. The van der Waals surface area contributed by atoms with E-state index >= 15 is 0 Å². The highest BCUT2D eigenvalue weighted by molar-refractivity contribution is 7.75. The Morgan fingerprint density at radius 3 is 1.58 bits per heavy atom. The second-order valence-corrected chi connectivity index (χ2v) is 19.1. The highest BCUT2D eigenvalue weighted by atomic mass is 31.2. The summed E-state index contributed by atoms with van der Waals surface area (Å²) >= 11 is 0. The number of rotatable bonds is 18. The van der Waals surface area contributed by atoms with Crippen molar-refractivity contribution in [3.8, 4) is 0 Å². The number of carbonyl (C=O) groups excluding carboxylic acids is 1. The smallest absolute Gasteiger partial charge is 0.249 e. The first-order chi connectivity index (χ1) is 25.8. The summed E-state index contributed by atoms with van der Waals surface area (Å²) in [5.41, 5.74) is 7.40. The van der Waals surface area contributed by atoms with Crippen LogP contribution in [0.3, 0.4) is 0 Å². The standard InChI is InChI=1S/C47H59N4OP/c1-6-9-30-53(31-10-7-2,32-11-8-3)35-38-21-28-42(29-22-38)48-46(52)45(34-39-20-23-40-14-12-13-15-41(40)33-39)51-47(49-43-24-16-36(4)17-25-43)50-44-26-18-37(5)19-27-44/h12-29,33,45H,6-11,30-32,34-35H2,1-5H3,(H2-,48,49,50,51,52)/p+1/t45-/m1/s1. The summed E-state index contributed by atoms with van der Waals surface area (Å²) in [6.45, 7) is 11.1. The van der Waals surface area contributed by atoms with E-state index < -0.39 is 13.3 Å². The van der Waals surface area contributed by atoms with Crippen LogP contribution in [0.15, 0.2) is 120 Å². The van der Waals surface area contributed by atoms with Crippen LogP contribution < -0.4 is 16.0 Å². The van der Waals surface area contributed by atoms with E-state index in [0.717, 1.165) is 28.0 Å². The third kappa shape index (κ3) is 12.3. The van der Waals surface area contributed by atoms with E-state index in [2.05, 4.69) is 142 Å². The van der Waals surface area contributed by atoms with Crippen LogP contribution in [0.25, 0.3) is 10.8 Å². The van der Waals surface area contributed by atoms with Crippen molar-refractivity contribution in [2.75, 3.05) is 34.4 Å². The molecule has 53 heavy (non-hydrogen) atoms. The van der Waals surface area contributed by atoms with Crippen molar-refractivity contribution in [3.63, 3.8) is 0 Å². The molecule has 0 aliphatic carbocycles. The average molecular weight is 728 g/mol. The Morgan fingerprint density at radius 2 is 1.06 bits per heavy atom. The Hall–Kier alpha value is -4.47. The molecule has 0 saturated carbocycles. The molecule has 0 heterocycles. The Bertz CT molecular complexity index is 1830. The summed E-state index contributed by atoms with van der Waals surface area (Å²) in [7, 11) is -1.08. The van der Waals surface area contributed by atoms with E-state index in [0.29, 0.717) is 12.4 Å².